The summed E-state index contributed by atoms with van der Waals surface area (Å²) in [6.07, 6.45) is 9.14. The minimum Gasteiger partial charge on any atom is -0.497 e. The molecule has 5 nitrogen and oxygen atoms in total. The number of thiazole rings is 1. The van der Waals surface area contributed by atoms with Crippen LogP contribution in [0.15, 0.2) is 18.2 Å². The first-order chi connectivity index (χ1) is 15.0. The van der Waals surface area contributed by atoms with E-state index in [-0.39, 0.29) is 11.3 Å². The van der Waals surface area contributed by atoms with Gasteiger partial charge in [-0.15, -0.1) is 11.3 Å². The molecule has 0 spiro atoms. The van der Waals surface area contributed by atoms with E-state index >= 15 is 0 Å². The molecule has 31 heavy (non-hydrogen) atoms. The monoisotopic (exact) mass is 440 g/mol. The minimum atomic E-state index is -0.167. The Morgan fingerprint density at radius 2 is 1.81 bits per heavy atom. The van der Waals surface area contributed by atoms with Gasteiger partial charge in [0.15, 0.2) is 5.13 Å². The second-order valence-corrected chi connectivity index (χ2v) is 10.8. The average Bonchev–Trinajstić information content (AvgIpc) is 3.14. The molecule has 6 heteroatoms. The molecule has 1 amide bonds. The zero-order valence-electron chi connectivity index (χ0n) is 18.7. The van der Waals surface area contributed by atoms with Crippen molar-refractivity contribution in [2.75, 3.05) is 19.5 Å². The van der Waals surface area contributed by atoms with Crippen molar-refractivity contribution in [3.8, 4) is 22.8 Å². The van der Waals surface area contributed by atoms with Crippen LogP contribution in [0, 0.1) is 23.2 Å². The Hall–Kier alpha value is -2.08. The van der Waals surface area contributed by atoms with Gasteiger partial charge in [0.1, 0.15) is 11.5 Å². The molecule has 4 bridgehead atoms. The number of ether oxygens (including phenoxy) is 2. The van der Waals surface area contributed by atoms with Gasteiger partial charge in [0.05, 0.1) is 25.3 Å². The predicted octanol–water partition coefficient (Wildman–Crippen LogP) is 5.93. The van der Waals surface area contributed by atoms with Crippen molar-refractivity contribution in [1.29, 1.82) is 0 Å². The van der Waals surface area contributed by atoms with Crippen molar-refractivity contribution in [2.24, 2.45) is 23.2 Å². The number of hydrogen-bond acceptors (Lipinski definition) is 5. The summed E-state index contributed by atoms with van der Waals surface area (Å²) < 4.78 is 11.0. The van der Waals surface area contributed by atoms with Crippen LogP contribution in [0.1, 0.15) is 56.7 Å². The molecule has 166 valence electrons. The van der Waals surface area contributed by atoms with Crippen LogP contribution < -0.4 is 14.8 Å². The van der Waals surface area contributed by atoms with Crippen molar-refractivity contribution in [1.82, 2.24) is 4.98 Å². The van der Waals surface area contributed by atoms with Crippen LogP contribution in [0.5, 0.6) is 11.5 Å². The first-order valence-corrected chi connectivity index (χ1v) is 12.4. The van der Waals surface area contributed by atoms with E-state index < -0.39 is 0 Å². The summed E-state index contributed by atoms with van der Waals surface area (Å²) in [6, 6.07) is 5.78. The van der Waals surface area contributed by atoms with Gasteiger partial charge in [-0.1, -0.05) is 13.3 Å². The lowest BCUT2D eigenvalue weighted by molar-refractivity contribution is -0.140. The summed E-state index contributed by atoms with van der Waals surface area (Å²) >= 11 is 1.60. The Kier molecular flexibility index (Phi) is 5.45. The second-order valence-electron chi connectivity index (χ2n) is 9.76. The van der Waals surface area contributed by atoms with E-state index in [9.17, 15) is 4.79 Å². The van der Waals surface area contributed by atoms with E-state index in [0.717, 1.165) is 72.6 Å². The Morgan fingerprint density at radius 3 is 2.39 bits per heavy atom. The molecule has 0 aliphatic heterocycles. The maximum absolute atomic E-state index is 13.5. The molecule has 4 fully saturated rings. The highest BCUT2D eigenvalue weighted by Crippen LogP contribution is 2.60. The molecular formula is C25H32N2O3S. The molecule has 2 aromatic rings. The zero-order chi connectivity index (χ0) is 21.6. The number of rotatable bonds is 7. The lowest BCUT2D eigenvalue weighted by Gasteiger charge is -2.55. The van der Waals surface area contributed by atoms with Gasteiger partial charge in [0.2, 0.25) is 5.91 Å². The highest BCUT2D eigenvalue weighted by molar-refractivity contribution is 7.16. The summed E-state index contributed by atoms with van der Waals surface area (Å²) in [6.45, 7) is 2.17. The number of methoxy groups -OCH3 is 2. The fraction of sp³-hybridized carbons (Fsp3) is 0.600. The SMILES string of the molecule is CCCc1sc(NC(=O)C23CC4CC(CC(C4)C2)C3)nc1-c1cc(OC)ccc1OC. The Balaban J connectivity index is 1.44. The van der Waals surface area contributed by atoms with E-state index in [1.165, 1.54) is 24.1 Å². The van der Waals surface area contributed by atoms with E-state index in [0.29, 0.717) is 5.13 Å². The minimum absolute atomic E-state index is 0.167. The largest absolute Gasteiger partial charge is 0.497 e. The van der Waals surface area contributed by atoms with Gasteiger partial charge in [-0.2, -0.15) is 0 Å². The average molecular weight is 441 g/mol. The molecule has 0 atom stereocenters. The van der Waals surface area contributed by atoms with Crippen molar-refractivity contribution < 1.29 is 14.3 Å². The molecular weight excluding hydrogens is 408 g/mol. The molecule has 1 heterocycles. The molecule has 4 saturated carbocycles. The normalized spacial score (nSPS) is 28.5. The summed E-state index contributed by atoms with van der Waals surface area (Å²) in [7, 11) is 3.34. The third-order valence-electron chi connectivity index (χ3n) is 7.58. The van der Waals surface area contributed by atoms with Crippen LogP contribution in [0.3, 0.4) is 0 Å². The van der Waals surface area contributed by atoms with E-state index in [4.69, 9.17) is 14.5 Å². The van der Waals surface area contributed by atoms with Crippen LogP contribution in [0.4, 0.5) is 5.13 Å². The van der Waals surface area contributed by atoms with E-state index in [1.54, 1.807) is 25.6 Å². The lowest BCUT2D eigenvalue weighted by atomic mass is 9.49. The molecule has 1 N–H and O–H groups in total. The van der Waals surface area contributed by atoms with Gasteiger partial charge >= 0.3 is 0 Å². The molecule has 4 aliphatic carbocycles. The molecule has 6 rings (SSSR count). The van der Waals surface area contributed by atoms with Gasteiger partial charge in [-0.05, 0) is 80.9 Å². The van der Waals surface area contributed by atoms with Crippen molar-refractivity contribution in [3.05, 3.63) is 23.1 Å². The van der Waals surface area contributed by atoms with Crippen LogP contribution >= 0.6 is 11.3 Å². The van der Waals surface area contributed by atoms with Gasteiger partial charge in [0, 0.05) is 10.4 Å². The molecule has 0 unspecified atom stereocenters. The molecule has 1 aromatic heterocycles. The summed E-state index contributed by atoms with van der Waals surface area (Å²) in [5.74, 6) is 3.99. The molecule has 4 aliphatic rings. The zero-order valence-corrected chi connectivity index (χ0v) is 19.5. The maximum Gasteiger partial charge on any atom is 0.232 e. The maximum atomic E-state index is 13.5. The van der Waals surface area contributed by atoms with Crippen molar-refractivity contribution in [3.63, 3.8) is 0 Å². The molecule has 0 radical (unpaired) electrons. The topological polar surface area (TPSA) is 60.5 Å². The van der Waals surface area contributed by atoms with E-state index in [1.807, 2.05) is 18.2 Å². The Bertz CT molecular complexity index is 948. The number of aryl methyl sites for hydroxylation is 1. The fourth-order valence-corrected chi connectivity index (χ4v) is 7.70. The number of carbonyl (C=O) groups excluding carboxylic acids is 1. The number of anilines is 1. The predicted molar refractivity (Wildman–Crippen MR) is 124 cm³/mol. The number of nitrogens with one attached hydrogen (secondary N) is 1. The second kappa shape index (κ2) is 8.12. The lowest BCUT2D eigenvalue weighted by Crippen LogP contribution is -2.51. The number of aromatic nitrogens is 1. The first-order valence-electron chi connectivity index (χ1n) is 11.6. The van der Waals surface area contributed by atoms with Crippen LogP contribution in [0.2, 0.25) is 0 Å². The van der Waals surface area contributed by atoms with Gasteiger partial charge in [0.25, 0.3) is 0 Å². The highest BCUT2D eigenvalue weighted by atomic mass is 32.1. The number of hydrogen-bond donors (Lipinski definition) is 1. The first kappa shape index (κ1) is 20.8. The third kappa shape index (κ3) is 3.73. The molecule has 0 saturated heterocycles. The smallest absolute Gasteiger partial charge is 0.232 e. The quantitative estimate of drug-likeness (QED) is 0.579. The number of amides is 1. The van der Waals surface area contributed by atoms with Crippen LogP contribution in [-0.4, -0.2) is 25.1 Å². The standard InChI is InChI=1S/C25H32N2O3S/c1-4-5-21-22(19-11-18(29-2)6-7-20(19)30-3)26-24(31-21)27-23(28)25-12-15-8-16(13-25)10-17(9-15)14-25/h6-7,11,15-17H,4-5,8-10,12-14H2,1-3H3,(H,26,27,28). The van der Waals surface area contributed by atoms with E-state index in [2.05, 4.69) is 12.2 Å². The Labute approximate surface area is 188 Å². The van der Waals surface area contributed by atoms with Crippen LogP contribution in [0.25, 0.3) is 11.3 Å². The summed E-state index contributed by atoms with van der Waals surface area (Å²) in [4.78, 5) is 19.6. The van der Waals surface area contributed by atoms with Gasteiger partial charge < -0.3 is 14.8 Å². The number of carbonyl (C=O) groups is 1. The van der Waals surface area contributed by atoms with Gasteiger partial charge in [-0.3, -0.25) is 4.79 Å². The third-order valence-corrected chi connectivity index (χ3v) is 8.61. The number of benzene rings is 1. The van der Waals surface area contributed by atoms with Crippen molar-refractivity contribution >= 4 is 22.4 Å². The Morgan fingerprint density at radius 1 is 1.13 bits per heavy atom. The van der Waals surface area contributed by atoms with Crippen molar-refractivity contribution in [2.45, 2.75) is 58.3 Å². The summed E-state index contributed by atoms with van der Waals surface area (Å²) in [5, 5.41) is 3.96. The summed E-state index contributed by atoms with van der Waals surface area (Å²) in [5.41, 5.74) is 1.64. The van der Waals surface area contributed by atoms with Crippen LogP contribution in [-0.2, 0) is 11.2 Å². The highest BCUT2D eigenvalue weighted by Gasteiger charge is 2.54. The number of nitrogens with zero attached hydrogens (tertiary/aromatic N) is 1. The fourth-order valence-electron chi connectivity index (χ4n) is 6.63. The van der Waals surface area contributed by atoms with Gasteiger partial charge in [-0.25, -0.2) is 4.98 Å². The molecule has 1 aromatic carbocycles.